The molecule has 3 aliphatic rings. The van der Waals surface area contributed by atoms with Gasteiger partial charge in [0.25, 0.3) is 0 Å². The van der Waals surface area contributed by atoms with Crippen LogP contribution in [-0.2, 0) is 4.74 Å². The molecule has 4 aromatic rings. The third kappa shape index (κ3) is 5.65. The normalized spacial score (nSPS) is 19.4. The van der Waals surface area contributed by atoms with Gasteiger partial charge in [0.1, 0.15) is 6.10 Å². The smallest absolute Gasteiger partial charge is 0.249 e. The fourth-order valence-corrected chi connectivity index (χ4v) is 8.69. The topological polar surface area (TPSA) is 70.2 Å². The van der Waals surface area contributed by atoms with Crippen LogP contribution < -0.4 is 15.8 Å². The Morgan fingerprint density at radius 2 is 1.93 bits per heavy atom. The summed E-state index contributed by atoms with van der Waals surface area (Å²) in [5.41, 5.74) is 5.56. The van der Waals surface area contributed by atoms with Crippen molar-refractivity contribution in [3.63, 3.8) is 0 Å². The lowest BCUT2D eigenvalue weighted by molar-refractivity contribution is 0.0379. The van der Waals surface area contributed by atoms with Gasteiger partial charge in [-0.1, -0.05) is 54.6 Å². The van der Waals surface area contributed by atoms with Crippen LogP contribution in [0.25, 0.3) is 0 Å². The third-order valence-corrected chi connectivity index (χ3v) is 11.0. The minimum absolute atomic E-state index is 0.0530. The molecule has 0 radical (unpaired) electrons. The number of benzene rings is 2. The first-order chi connectivity index (χ1) is 20.1. The highest BCUT2D eigenvalue weighted by Crippen LogP contribution is 2.52. The molecule has 0 amide bonds. The van der Waals surface area contributed by atoms with E-state index in [0.717, 1.165) is 30.2 Å². The maximum absolute atomic E-state index is 11.9. The van der Waals surface area contributed by atoms with Crippen LogP contribution in [0.3, 0.4) is 0 Å². The van der Waals surface area contributed by atoms with E-state index in [-0.39, 0.29) is 17.7 Å². The summed E-state index contributed by atoms with van der Waals surface area (Å²) in [6.45, 7) is 4.22. The van der Waals surface area contributed by atoms with Crippen LogP contribution in [0.2, 0.25) is 0 Å². The van der Waals surface area contributed by atoms with Crippen LogP contribution in [0.5, 0.6) is 0 Å². The highest BCUT2D eigenvalue weighted by Gasteiger charge is 2.30. The minimum Gasteiger partial charge on any atom is -0.376 e. The molecule has 7 rings (SSSR count). The molecule has 0 spiro atoms. The number of nitrogens with zero attached hydrogens (tertiary/aromatic N) is 2. The van der Waals surface area contributed by atoms with Gasteiger partial charge in [0.15, 0.2) is 0 Å². The van der Waals surface area contributed by atoms with E-state index in [0.29, 0.717) is 12.5 Å². The summed E-state index contributed by atoms with van der Waals surface area (Å²) in [6.07, 6.45) is 8.75. The van der Waals surface area contributed by atoms with Crippen LogP contribution in [-0.4, -0.2) is 29.7 Å². The predicted molar refractivity (Wildman–Crippen MR) is 166 cm³/mol. The molecule has 2 fully saturated rings. The standard InChI is InChI=1S/C33H34N4O2S2/c1-21-9-11-26(35-19-21)32(22-5-2-3-6-22)36-23-10-12-28-30(17-23)40-29-8-4-7-25(33(29)41-28)27-20-37(15-16-39-27)24-13-14-34-31(38)18-24/h4,7-14,17-19,22,27,32,36H,2-3,5-6,15-16,20H2,1H3,(H,34,38). The summed E-state index contributed by atoms with van der Waals surface area (Å²) < 4.78 is 6.29. The van der Waals surface area contributed by atoms with Crippen molar-refractivity contribution < 1.29 is 4.74 Å². The molecule has 0 bridgehead atoms. The van der Waals surface area contributed by atoms with E-state index in [9.17, 15) is 4.79 Å². The van der Waals surface area contributed by atoms with Crippen molar-refractivity contribution in [2.24, 2.45) is 5.92 Å². The quantitative estimate of drug-likeness (QED) is 0.213. The Morgan fingerprint density at radius 3 is 2.76 bits per heavy atom. The molecule has 1 aliphatic carbocycles. The van der Waals surface area contributed by atoms with E-state index in [1.807, 2.05) is 35.8 Å². The molecule has 2 unspecified atom stereocenters. The van der Waals surface area contributed by atoms with Crippen LogP contribution in [0.4, 0.5) is 11.4 Å². The lowest BCUT2D eigenvalue weighted by Gasteiger charge is -2.36. The lowest BCUT2D eigenvalue weighted by Crippen LogP contribution is -2.39. The number of hydrogen-bond donors (Lipinski definition) is 2. The summed E-state index contributed by atoms with van der Waals surface area (Å²) in [6, 6.07) is 21.6. The molecular weight excluding hydrogens is 549 g/mol. The van der Waals surface area contributed by atoms with Gasteiger partial charge in [-0.25, -0.2) is 0 Å². The lowest BCUT2D eigenvalue weighted by atomic mass is 9.94. The van der Waals surface area contributed by atoms with E-state index in [2.05, 4.69) is 70.7 Å². The number of hydrogen-bond acceptors (Lipinski definition) is 7. The molecule has 8 heteroatoms. The number of aromatic amines is 1. The Labute approximate surface area is 249 Å². The maximum Gasteiger partial charge on any atom is 0.249 e. The van der Waals surface area contributed by atoms with Gasteiger partial charge in [-0.3, -0.25) is 9.78 Å². The van der Waals surface area contributed by atoms with E-state index in [4.69, 9.17) is 9.72 Å². The second-order valence-electron chi connectivity index (χ2n) is 11.2. The van der Waals surface area contributed by atoms with Gasteiger partial charge in [-0.15, -0.1) is 0 Å². The fourth-order valence-electron chi connectivity index (χ4n) is 6.23. The Bertz CT molecular complexity index is 1600. The number of fused-ring (bicyclic) bond motifs is 2. The summed E-state index contributed by atoms with van der Waals surface area (Å²) in [5.74, 6) is 0.607. The van der Waals surface area contributed by atoms with Crippen molar-refractivity contribution in [1.82, 2.24) is 9.97 Å². The Balaban J connectivity index is 1.12. The van der Waals surface area contributed by atoms with Crippen molar-refractivity contribution in [1.29, 1.82) is 0 Å². The molecule has 2 aromatic carbocycles. The van der Waals surface area contributed by atoms with E-state index in [1.165, 1.54) is 56.4 Å². The zero-order chi connectivity index (χ0) is 27.8. The van der Waals surface area contributed by atoms with Gasteiger partial charge in [0.2, 0.25) is 5.56 Å². The number of rotatable bonds is 6. The zero-order valence-corrected chi connectivity index (χ0v) is 24.8. The average molecular weight is 583 g/mol. The SMILES string of the molecule is Cc1ccc(C(Nc2ccc3c(c2)Sc2cccc(C4CN(c5cc[nH]c(=O)c5)CCO4)c2S3)C2CCCC2)nc1. The average Bonchev–Trinajstić information content (AvgIpc) is 3.54. The molecule has 2 atom stereocenters. The molecule has 6 nitrogen and oxygen atoms in total. The number of pyridine rings is 2. The van der Waals surface area contributed by atoms with Gasteiger partial charge in [-0.2, -0.15) is 0 Å². The number of nitrogens with one attached hydrogen (secondary N) is 2. The molecule has 2 aliphatic heterocycles. The van der Waals surface area contributed by atoms with Crippen molar-refractivity contribution in [2.45, 2.75) is 64.3 Å². The number of H-pyrrole nitrogens is 1. The highest BCUT2D eigenvalue weighted by atomic mass is 32.2. The fraction of sp³-hybridized carbons (Fsp3) is 0.333. The Hall–Kier alpha value is -3.20. The molecule has 210 valence electrons. The van der Waals surface area contributed by atoms with Gasteiger partial charge in [0, 0.05) is 62.5 Å². The largest absolute Gasteiger partial charge is 0.376 e. The molecule has 4 heterocycles. The molecule has 2 N–H and O–H groups in total. The molecule has 1 saturated heterocycles. The van der Waals surface area contributed by atoms with Crippen LogP contribution >= 0.6 is 23.5 Å². The van der Waals surface area contributed by atoms with Gasteiger partial charge < -0.3 is 19.9 Å². The van der Waals surface area contributed by atoms with Gasteiger partial charge >= 0.3 is 0 Å². The van der Waals surface area contributed by atoms with Crippen LogP contribution in [0, 0.1) is 12.8 Å². The van der Waals surface area contributed by atoms with Crippen molar-refractivity contribution in [3.8, 4) is 0 Å². The third-order valence-electron chi connectivity index (χ3n) is 8.37. The van der Waals surface area contributed by atoms with E-state index < -0.39 is 0 Å². The Morgan fingerprint density at radius 1 is 1.02 bits per heavy atom. The van der Waals surface area contributed by atoms with Crippen molar-refractivity contribution >= 4 is 34.9 Å². The first-order valence-electron chi connectivity index (χ1n) is 14.5. The molecular formula is C33H34N4O2S2. The molecule has 1 saturated carbocycles. The monoisotopic (exact) mass is 582 g/mol. The summed E-state index contributed by atoms with van der Waals surface area (Å²) in [4.78, 5) is 26.8. The van der Waals surface area contributed by atoms with Crippen molar-refractivity contribution in [3.05, 3.63) is 100 Å². The molecule has 41 heavy (non-hydrogen) atoms. The second-order valence-corrected chi connectivity index (χ2v) is 13.3. The zero-order valence-electron chi connectivity index (χ0n) is 23.1. The second kappa shape index (κ2) is 11.6. The first-order valence-corrected chi connectivity index (χ1v) is 16.1. The number of ether oxygens (including phenoxy) is 1. The summed E-state index contributed by atoms with van der Waals surface area (Å²) in [5, 5.41) is 3.88. The van der Waals surface area contributed by atoms with E-state index in [1.54, 1.807) is 12.3 Å². The van der Waals surface area contributed by atoms with Crippen LogP contribution in [0.1, 0.15) is 54.6 Å². The van der Waals surface area contributed by atoms with Crippen LogP contribution in [0.15, 0.2) is 97.4 Å². The van der Waals surface area contributed by atoms with E-state index >= 15 is 0 Å². The Kier molecular flexibility index (Phi) is 7.54. The summed E-state index contributed by atoms with van der Waals surface area (Å²) >= 11 is 3.68. The predicted octanol–water partition coefficient (Wildman–Crippen LogP) is 7.62. The number of anilines is 2. The first kappa shape index (κ1) is 26.7. The number of aromatic nitrogens is 2. The highest BCUT2D eigenvalue weighted by molar-refractivity contribution is 8.05. The number of aryl methyl sites for hydroxylation is 1. The van der Waals surface area contributed by atoms with Gasteiger partial charge in [0.05, 0.1) is 18.3 Å². The van der Waals surface area contributed by atoms with Gasteiger partial charge in [-0.05, 0) is 73.2 Å². The van der Waals surface area contributed by atoms with Crippen molar-refractivity contribution in [2.75, 3.05) is 29.9 Å². The molecule has 2 aromatic heterocycles. The maximum atomic E-state index is 11.9. The minimum atomic E-state index is -0.0789. The summed E-state index contributed by atoms with van der Waals surface area (Å²) in [7, 11) is 0. The number of morpholine rings is 1.